The second-order valence-electron chi connectivity index (χ2n) is 8.93. The Morgan fingerprint density at radius 2 is 1.97 bits per heavy atom. The van der Waals surface area contributed by atoms with E-state index in [0.717, 1.165) is 30.0 Å². The highest BCUT2D eigenvalue weighted by molar-refractivity contribution is 5.96. The Kier molecular flexibility index (Phi) is 7.83. The van der Waals surface area contributed by atoms with Crippen molar-refractivity contribution in [2.45, 2.75) is 57.1 Å². The van der Waals surface area contributed by atoms with Crippen LogP contribution in [0.4, 0.5) is 8.78 Å². The lowest BCUT2D eigenvalue weighted by Crippen LogP contribution is -2.39. The van der Waals surface area contributed by atoms with Gasteiger partial charge in [0, 0.05) is 30.4 Å². The highest BCUT2D eigenvalue weighted by Crippen LogP contribution is 2.34. The third-order valence-corrected chi connectivity index (χ3v) is 6.39. The first-order chi connectivity index (χ1) is 16.9. The van der Waals surface area contributed by atoms with Gasteiger partial charge in [0.2, 0.25) is 0 Å². The Labute approximate surface area is 203 Å². The minimum Gasteiger partial charge on any atom is -0.494 e. The smallest absolute Gasteiger partial charge is 0.185 e. The average molecular weight is 482 g/mol. The molecule has 3 atom stereocenters. The summed E-state index contributed by atoms with van der Waals surface area (Å²) in [5.41, 5.74) is 7.49. The number of hydrogen-bond acceptors (Lipinski definition) is 6. The van der Waals surface area contributed by atoms with Crippen LogP contribution in [0.2, 0.25) is 0 Å². The molecule has 6 nitrogen and oxygen atoms in total. The summed E-state index contributed by atoms with van der Waals surface area (Å²) in [7, 11) is 0. The number of rotatable bonds is 8. The van der Waals surface area contributed by atoms with Crippen LogP contribution in [-0.4, -0.2) is 39.6 Å². The Bertz CT molecular complexity index is 1200. The number of hydrogen-bond donors (Lipinski definition) is 2. The minimum atomic E-state index is -0.732. The molecule has 0 radical (unpaired) electrons. The van der Waals surface area contributed by atoms with E-state index in [1.165, 1.54) is 24.3 Å². The lowest BCUT2D eigenvalue weighted by Gasteiger charge is -2.32. The number of Topliss-reactive ketones (excluding diaryl/α,β-unsaturated/α-hetero) is 1. The fourth-order valence-corrected chi connectivity index (χ4v) is 4.50. The Balaban J connectivity index is 1.60. The minimum absolute atomic E-state index is 0.0116. The lowest BCUT2D eigenvalue weighted by atomic mass is 9.78. The van der Waals surface area contributed by atoms with Crippen molar-refractivity contribution in [3.8, 4) is 17.0 Å². The molecule has 1 aromatic carbocycles. The molecular formula is C27H29F2N3O3. The maximum absolute atomic E-state index is 14.7. The third kappa shape index (κ3) is 5.71. The zero-order valence-electron chi connectivity index (χ0n) is 19.6. The summed E-state index contributed by atoms with van der Waals surface area (Å²) < 4.78 is 34.8. The quantitative estimate of drug-likeness (QED) is 0.457. The van der Waals surface area contributed by atoms with Crippen LogP contribution in [0.25, 0.3) is 11.3 Å². The van der Waals surface area contributed by atoms with Crippen molar-refractivity contribution in [2.24, 2.45) is 5.73 Å². The molecule has 184 valence electrons. The number of pyridine rings is 2. The molecule has 4 rings (SSSR count). The molecule has 1 aliphatic carbocycles. The van der Waals surface area contributed by atoms with E-state index in [2.05, 4.69) is 9.97 Å². The average Bonchev–Trinajstić information content (AvgIpc) is 2.86. The fourth-order valence-electron chi connectivity index (χ4n) is 4.50. The van der Waals surface area contributed by atoms with Crippen molar-refractivity contribution in [3.05, 3.63) is 77.2 Å². The monoisotopic (exact) mass is 481 g/mol. The van der Waals surface area contributed by atoms with Crippen molar-refractivity contribution in [1.82, 2.24) is 9.97 Å². The molecule has 0 saturated heterocycles. The molecule has 1 saturated carbocycles. The topological polar surface area (TPSA) is 98.3 Å². The second-order valence-corrected chi connectivity index (χ2v) is 8.93. The van der Waals surface area contributed by atoms with Gasteiger partial charge < -0.3 is 15.6 Å². The number of nitrogens with two attached hydrogens (primary N) is 1. The van der Waals surface area contributed by atoms with Crippen LogP contribution in [-0.2, 0) is 6.42 Å². The number of halogens is 2. The van der Waals surface area contributed by atoms with Crippen LogP contribution >= 0.6 is 0 Å². The van der Waals surface area contributed by atoms with Crippen LogP contribution < -0.4 is 10.5 Å². The van der Waals surface area contributed by atoms with Crippen LogP contribution in [0.15, 0.2) is 48.8 Å². The van der Waals surface area contributed by atoms with Crippen LogP contribution in [0.5, 0.6) is 5.75 Å². The van der Waals surface area contributed by atoms with E-state index in [-0.39, 0.29) is 41.1 Å². The number of ketones is 1. The SMILES string of the molecule is CCCOc1ccc(F)c(-c2nc(C(=O)Cc3cnccc3[C@@H]3CC[C@H](O)[C@H](N)C3)ccc2F)c1. The van der Waals surface area contributed by atoms with E-state index in [1.807, 2.05) is 13.0 Å². The molecule has 0 aliphatic heterocycles. The van der Waals surface area contributed by atoms with Gasteiger partial charge in [-0.05, 0) is 79.1 Å². The second kappa shape index (κ2) is 11.0. The van der Waals surface area contributed by atoms with E-state index >= 15 is 0 Å². The van der Waals surface area contributed by atoms with Gasteiger partial charge in [-0.1, -0.05) is 6.92 Å². The van der Waals surface area contributed by atoms with Crippen molar-refractivity contribution < 1.29 is 23.4 Å². The Morgan fingerprint density at radius 1 is 1.17 bits per heavy atom. The normalized spacial score (nSPS) is 20.0. The Hall–Kier alpha value is -3.23. The molecule has 0 bridgehead atoms. The Morgan fingerprint density at radius 3 is 2.74 bits per heavy atom. The number of aliphatic hydroxyl groups is 1. The first kappa shape index (κ1) is 24.9. The van der Waals surface area contributed by atoms with E-state index in [4.69, 9.17) is 10.5 Å². The van der Waals surface area contributed by atoms with E-state index in [1.54, 1.807) is 12.4 Å². The van der Waals surface area contributed by atoms with Crippen LogP contribution in [0.1, 0.15) is 60.1 Å². The number of nitrogens with zero attached hydrogens (tertiary/aromatic N) is 2. The van der Waals surface area contributed by atoms with Crippen molar-refractivity contribution in [2.75, 3.05) is 6.61 Å². The predicted molar refractivity (Wildman–Crippen MR) is 128 cm³/mol. The number of carbonyl (C=O) groups excluding carboxylic acids is 1. The molecule has 0 amide bonds. The van der Waals surface area contributed by atoms with Gasteiger partial charge in [0.25, 0.3) is 0 Å². The molecule has 8 heteroatoms. The number of carbonyl (C=O) groups is 1. The summed E-state index contributed by atoms with van der Waals surface area (Å²) in [5, 5.41) is 9.96. The van der Waals surface area contributed by atoms with E-state index < -0.39 is 17.7 Å². The third-order valence-electron chi connectivity index (χ3n) is 6.39. The summed E-state index contributed by atoms with van der Waals surface area (Å²) >= 11 is 0. The molecule has 35 heavy (non-hydrogen) atoms. The zero-order valence-corrected chi connectivity index (χ0v) is 19.6. The number of benzene rings is 1. The summed E-state index contributed by atoms with van der Waals surface area (Å²) in [6.07, 6.45) is 5.54. The van der Waals surface area contributed by atoms with E-state index in [0.29, 0.717) is 25.2 Å². The molecule has 2 heterocycles. The standard InChI is InChI=1S/C27H29F2N3O3/c1-2-11-35-18-4-5-21(28)20(14-18)27-22(29)6-7-24(32-27)26(34)13-17-15-31-10-9-19(17)16-3-8-25(33)23(30)12-16/h4-7,9-10,14-16,23,25,33H,2-3,8,11-13,30H2,1H3/t16-,23-,25+/m1/s1. The molecular weight excluding hydrogens is 452 g/mol. The largest absolute Gasteiger partial charge is 0.494 e. The highest BCUT2D eigenvalue weighted by Gasteiger charge is 2.29. The van der Waals surface area contributed by atoms with Crippen molar-refractivity contribution in [1.29, 1.82) is 0 Å². The first-order valence-electron chi connectivity index (χ1n) is 11.9. The van der Waals surface area contributed by atoms with Crippen LogP contribution in [0, 0.1) is 11.6 Å². The molecule has 1 aliphatic rings. The molecule has 2 aromatic heterocycles. The lowest BCUT2D eigenvalue weighted by molar-refractivity contribution is 0.0977. The van der Waals surface area contributed by atoms with Gasteiger partial charge in [-0.25, -0.2) is 13.8 Å². The predicted octanol–water partition coefficient (Wildman–Crippen LogP) is 4.59. The molecule has 1 fully saturated rings. The number of aromatic nitrogens is 2. The summed E-state index contributed by atoms with van der Waals surface area (Å²) in [6, 6.07) is 8.05. The highest BCUT2D eigenvalue weighted by atomic mass is 19.1. The van der Waals surface area contributed by atoms with Gasteiger partial charge in [0.15, 0.2) is 5.78 Å². The van der Waals surface area contributed by atoms with Gasteiger partial charge in [-0.3, -0.25) is 9.78 Å². The van der Waals surface area contributed by atoms with Gasteiger partial charge in [-0.2, -0.15) is 0 Å². The molecule has 3 aromatic rings. The van der Waals surface area contributed by atoms with E-state index in [9.17, 15) is 18.7 Å². The van der Waals surface area contributed by atoms with Gasteiger partial charge in [-0.15, -0.1) is 0 Å². The van der Waals surface area contributed by atoms with Crippen molar-refractivity contribution in [3.63, 3.8) is 0 Å². The fraction of sp³-hybridized carbons (Fsp3) is 0.370. The first-order valence-corrected chi connectivity index (χ1v) is 11.9. The molecule has 0 unspecified atom stereocenters. The van der Waals surface area contributed by atoms with Gasteiger partial charge in [0.05, 0.1) is 12.7 Å². The molecule has 3 N–H and O–H groups in total. The van der Waals surface area contributed by atoms with Crippen molar-refractivity contribution >= 4 is 5.78 Å². The maximum atomic E-state index is 14.7. The summed E-state index contributed by atoms with van der Waals surface area (Å²) in [6.45, 7) is 2.39. The van der Waals surface area contributed by atoms with Gasteiger partial charge in [0.1, 0.15) is 28.8 Å². The number of aliphatic hydroxyl groups excluding tert-OH is 1. The zero-order chi connectivity index (χ0) is 24.9. The van der Waals surface area contributed by atoms with Gasteiger partial charge >= 0.3 is 0 Å². The molecule has 0 spiro atoms. The van der Waals surface area contributed by atoms with Crippen LogP contribution in [0.3, 0.4) is 0 Å². The maximum Gasteiger partial charge on any atom is 0.185 e. The summed E-state index contributed by atoms with van der Waals surface area (Å²) in [4.78, 5) is 21.5. The summed E-state index contributed by atoms with van der Waals surface area (Å²) in [5.74, 6) is -1.22. The number of ether oxygens (including phenoxy) is 1.